The lowest BCUT2D eigenvalue weighted by atomic mass is 10.1. The highest BCUT2D eigenvalue weighted by molar-refractivity contribution is 7.21. The van der Waals surface area contributed by atoms with Gasteiger partial charge in [-0.05, 0) is 37.6 Å². The Bertz CT molecular complexity index is 1020. The second kappa shape index (κ2) is 6.81. The molecule has 4 rings (SSSR count). The van der Waals surface area contributed by atoms with Gasteiger partial charge in [0.05, 0.1) is 11.4 Å². The number of rotatable bonds is 2. The van der Waals surface area contributed by atoms with Crippen molar-refractivity contribution in [2.24, 2.45) is 0 Å². The van der Waals surface area contributed by atoms with Gasteiger partial charge >= 0.3 is 0 Å². The SMILES string of the molecule is Cc1cc(C)c2c(N)c(C(=O)N3CCN(c4ccccc4F)CC3)sc2n1. The molecule has 0 bridgehead atoms. The van der Waals surface area contributed by atoms with E-state index in [0.717, 1.165) is 21.5 Å². The lowest BCUT2D eigenvalue weighted by Gasteiger charge is -2.36. The van der Waals surface area contributed by atoms with Gasteiger partial charge in [-0.3, -0.25) is 4.79 Å². The number of carbonyl (C=O) groups excluding carboxylic acids is 1. The molecular weight excluding hydrogens is 363 g/mol. The molecule has 7 heteroatoms. The van der Waals surface area contributed by atoms with Gasteiger partial charge in [-0.2, -0.15) is 0 Å². The van der Waals surface area contributed by atoms with Crippen molar-refractivity contribution in [3.8, 4) is 0 Å². The van der Waals surface area contributed by atoms with Crippen LogP contribution in [0.25, 0.3) is 10.2 Å². The van der Waals surface area contributed by atoms with E-state index in [0.29, 0.717) is 42.4 Å². The molecule has 0 atom stereocenters. The molecule has 3 aromatic rings. The maximum absolute atomic E-state index is 14.0. The zero-order chi connectivity index (χ0) is 19.1. The first-order chi connectivity index (χ1) is 13.0. The van der Waals surface area contributed by atoms with Crippen molar-refractivity contribution in [3.05, 3.63) is 52.3 Å². The van der Waals surface area contributed by atoms with Crippen molar-refractivity contribution in [1.29, 1.82) is 0 Å². The number of pyridine rings is 1. The molecule has 3 heterocycles. The van der Waals surface area contributed by atoms with E-state index in [1.807, 2.05) is 30.9 Å². The number of hydrogen-bond donors (Lipinski definition) is 1. The molecule has 0 radical (unpaired) electrons. The number of amides is 1. The predicted molar refractivity (Wildman–Crippen MR) is 108 cm³/mol. The number of fused-ring (bicyclic) bond motifs is 1. The second-order valence-electron chi connectivity index (χ2n) is 6.84. The van der Waals surface area contributed by atoms with Gasteiger partial charge < -0.3 is 15.5 Å². The van der Waals surface area contributed by atoms with E-state index in [2.05, 4.69) is 4.98 Å². The molecule has 1 aliphatic heterocycles. The summed E-state index contributed by atoms with van der Waals surface area (Å²) in [6, 6.07) is 8.72. The van der Waals surface area contributed by atoms with Crippen LogP contribution in [-0.4, -0.2) is 42.0 Å². The summed E-state index contributed by atoms with van der Waals surface area (Å²) in [6.07, 6.45) is 0. The Morgan fingerprint density at radius 2 is 1.89 bits per heavy atom. The number of nitrogens with zero attached hydrogens (tertiary/aromatic N) is 3. The maximum atomic E-state index is 14.0. The Morgan fingerprint density at radius 1 is 1.19 bits per heavy atom. The third kappa shape index (κ3) is 3.12. The van der Waals surface area contributed by atoms with Crippen molar-refractivity contribution in [2.45, 2.75) is 13.8 Å². The summed E-state index contributed by atoms with van der Waals surface area (Å²) in [5, 5.41) is 0.874. The van der Waals surface area contributed by atoms with Crippen molar-refractivity contribution < 1.29 is 9.18 Å². The van der Waals surface area contributed by atoms with Crippen LogP contribution in [0.2, 0.25) is 0 Å². The summed E-state index contributed by atoms with van der Waals surface area (Å²) in [4.78, 5) is 22.7. The number of nitrogen functional groups attached to an aromatic ring is 1. The van der Waals surface area contributed by atoms with Crippen LogP contribution >= 0.6 is 11.3 Å². The van der Waals surface area contributed by atoms with E-state index >= 15 is 0 Å². The summed E-state index contributed by atoms with van der Waals surface area (Å²) in [5.74, 6) is -0.302. The molecule has 0 aliphatic carbocycles. The molecule has 2 aromatic heterocycles. The van der Waals surface area contributed by atoms with Gasteiger partial charge in [-0.25, -0.2) is 9.37 Å². The average molecular weight is 384 g/mol. The first-order valence-electron chi connectivity index (χ1n) is 8.90. The number of piperazine rings is 1. The van der Waals surface area contributed by atoms with Gasteiger partial charge in [0.2, 0.25) is 0 Å². The van der Waals surface area contributed by atoms with Gasteiger partial charge in [-0.15, -0.1) is 11.3 Å². The zero-order valence-corrected chi connectivity index (χ0v) is 16.1. The quantitative estimate of drug-likeness (QED) is 0.733. The third-order valence-electron chi connectivity index (χ3n) is 4.98. The highest BCUT2D eigenvalue weighted by atomic mass is 32.1. The van der Waals surface area contributed by atoms with Crippen LogP contribution in [0, 0.1) is 19.7 Å². The molecule has 1 saturated heterocycles. The normalized spacial score (nSPS) is 14.8. The Kier molecular flexibility index (Phi) is 4.47. The molecule has 1 aromatic carbocycles. The van der Waals surface area contributed by atoms with Crippen molar-refractivity contribution in [3.63, 3.8) is 0 Å². The molecule has 5 nitrogen and oxygen atoms in total. The lowest BCUT2D eigenvalue weighted by Crippen LogP contribution is -2.49. The molecule has 0 unspecified atom stereocenters. The highest BCUT2D eigenvalue weighted by Crippen LogP contribution is 2.36. The van der Waals surface area contributed by atoms with Crippen molar-refractivity contribution in [2.75, 3.05) is 36.8 Å². The first kappa shape index (κ1) is 17.7. The fourth-order valence-corrected chi connectivity index (χ4v) is 4.81. The number of carbonyl (C=O) groups is 1. The molecule has 1 aliphatic rings. The van der Waals surface area contributed by atoms with Gasteiger partial charge in [0.15, 0.2) is 0 Å². The van der Waals surface area contributed by atoms with Crippen molar-refractivity contribution in [1.82, 2.24) is 9.88 Å². The number of para-hydroxylation sites is 1. The van der Waals surface area contributed by atoms with Crippen molar-refractivity contribution >= 4 is 38.8 Å². The Labute approximate surface area is 161 Å². The van der Waals surface area contributed by atoms with Crippen LogP contribution in [0.3, 0.4) is 0 Å². The molecule has 0 saturated carbocycles. The van der Waals surface area contributed by atoms with E-state index in [9.17, 15) is 9.18 Å². The highest BCUT2D eigenvalue weighted by Gasteiger charge is 2.27. The van der Waals surface area contributed by atoms with E-state index in [1.165, 1.54) is 17.4 Å². The number of halogens is 1. The summed E-state index contributed by atoms with van der Waals surface area (Å²) < 4.78 is 14.0. The summed E-state index contributed by atoms with van der Waals surface area (Å²) in [5.41, 5.74) is 9.35. The van der Waals surface area contributed by atoms with Crippen LogP contribution in [0.5, 0.6) is 0 Å². The second-order valence-corrected chi connectivity index (χ2v) is 7.84. The molecule has 2 N–H and O–H groups in total. The number of benzene rings is 1. The Morgan fingerprint density at radius 3 is 2.59 bits per heavy atom. The van der Waals surface area contributed by atoms with E-state index in [4.69, 9.17) is 5.73 Å². The molecule has 140 valence electrons. The number of aryl methyl sites for hydroxylation is 2. The monoisotopic (exact) mass is 384 g/mol. The molecular formula is C20H21FN4OS. The number of thiophene rings is 1. The Hall–Kier alpha value is -2.67. The van der Waals surface area contributed by atoms with Gasteiger partial charge in [0.1, 0.15) is 15.5 Å². The van der Waals surface area contributed by atoms with Gasteiger partial charge in [-0.1, -0.05) is 12.1 Å². The Balaban J connectivity index is 1.55. The van der Waals surface area contributed by atoms with Crippen LogP contribution in [0.15, 0.2) is 30.3 Å². The fraction of sp³-hybridized carbons (Fsp3) is 0.300. The van der Waals surface area contributed by atoms with E-state index in [-0.39, 0.29) is 11.7 Å². The summed E-state index contributed by atoms with van der Waals surface area (Å²) in [7, 11) is 0. The molecule has 0 spiro atoms. The minimum atomic E-state index is -0.233. The predicted octanol–water partition coefficient (Wildman–Crippen LogP) is 3.60. The van der Waals surface area contributed by atoms with Gasteiger partial charge in [0.25, 0.3) is 5.91 Å². The average Bonchev–Trinajstić information content (AvgIpc) is 2.98. The number of nitrogens with two attached hydrogens (primary N) is 1. The topological polar surface area (TPSA) is 62.5 Å². The standard InChI is InChI=1S/C20H21FN4OS/c1-12-11-13(2)23-19-16(12)17(22)18(27-19)20(26)25-9-7-24(8-10-25)15-6-4-3-5-14(15)21/h3-6,11H,7-10,22H2,1-2H3. The van der Waals surface area contributed by atoms with Crippen LogP contribution in [0.4, 0.5) is 15.8 Å². The molecule has 1 fully saturated rings. The third-order valence-corrected chi connectivity index (χ3v) is 6.07. The molecule has 27 heavy (non-hydrogen) atoms. The van der Waals surface area contributed by atoms with Crippen LogP contribution < -0.4 is 10.6 Å². The van der Waals surface area contributed by atoms with Crippen LogP contribution in [-0.2, 0) is 0 Å². The van der Waals surface area contributed by atoms with E-state index < -0.39 is 0 Å². The first-order valence-corrected chi connectivity index (χ1v) is 9.72. The minimum Gasteiger partial charge on any atom is -0.397 e. The maximum Gasteiger partial charge on any atom is 0.266 e. The number of aromatic nitrogens is 1. The van der Waals surface area contributed by atoms with E-state index in [1.54, 1.807) is 17.0 Å². The van der Waals surface area contributed by atoms with Gasteiger partial charge in [0, 0.05) is 37.3 Å². The summed E-state index contributed by atoms with van der Waals surface area (Å²) in [6.45, 7) is 6.17. The number of hydrogen-bond acceptors (Lipinski definition) is 5. The molecule has 1 amide bonds. The zero-order valence-electron chi connectivity index (χ0n) is 15.3. The van der Waals surface area contributed by atoms with Crippen LogP contribution in [0.1, 0.15) is 20.9 Å². The lowest BCUT2D eigenvalue weighted by molar-refractivity contribution is 0.0752. The smallest absolute Gasteiger partial charge is 0.266 e. The largest absolute Gasteiger partial charge is 0.397 e. The minimum absolute atomic E-state index is 0.0688. The fourth-order valence-electron chi connectivity index (χ4n) is 3.63. The summed E-state index contributed by atoms with van der Waals surface area (Å²) >= 11 is 1.35. The number of anilines is 2.